The number of hydrogen-bond acceptors (Lipinski definition) is 2. The zero-order valence-corrected chi connectivity index (χ0v) is 14.3. The zero-order chi connectivity index (χ0) is 16.6. The Balaban J connectivity index is 1.74. The third-order valence-corrected chi connectivity index (χ3v) is 5.53. The number of halogens is 1. The topological polar surface area (TPSA) is 49.8 Å². The van der Waals surface area contributed by atoms with Crippen molar-refractivity contribution >= 4 is 17.5 Å². The summed E-state index contributed by atoms with van der Waals surface area (Å²) in [4.78, 5) is 19.1. The summed E-state index contributed by atoms with van der Waals surface area (Å²) in [5.74, 6) is 0.0122. The maximum Gasteiger partial charge on any atom is 0.258 e. The molecule has 2 aliphatic heterocycles. The van der Waals surface area contributed by atoms with Gasteiger partial charge in [0.05, 0.1) is 13.1 Å². The first-order valence-electron chi connectivity index (χ1n) is 8.53. The molecule has 0 saturated carbocycles. The van der Waals surface area contributed by atoms with Crippen molar-refractivity contribution in [2.24, 2.45) is 5.41 Å². The fourth-order valence-corrected chi connectivity index (χ4v) is 4.31. The molecule has 4 rings (SSSR count). The molecule has 1 aliphatic carbocycles. The van der Waals surface area contributed by atoms with Gasteiger partial charge in [-0.05, 0) is 30.2 Å². The van der Waals surface area contributed by atoms with Gasteiger partial charge < -0.3 is 10.2 Å². The first kappa shape index (κ1) is 15.6. The lowest BCUT2D eigenvalue weighted by molar-refractivity contribution is -0.666. The Labute approximate surface area is 146 Å². The van der Waals surface area contributed by atoms with E-state index in [0.29, 0.717) is 10.7 Å². The summed E-state index contributed by atoms with van der Waals surface area (Å²) in [6.45, 7) is 3.02. The van der Waals surface area contributed by atoms with Crippen LogP contribution >= 0.6 is 11.6 Å². The average molecular weight is 343 g/mol. The predicted octanol–water partition coefficient (Wildman–Crippen LogP) is 2.30. The lowest BCUT2D eigenvalue weighted by Gasteiger charge is -2.32. The minimum atomic E-state index is 0.0122. The first-order chi connectivity index (χ1) is 11.7. The molecule has 4 nitrogen and oxygen atoms in total. The fourth-order valence-electron chi connectivity index (χ4n) is 4.14. The van der Waals surface area contributed by atoms with Gasteiger partial charge in [-0.2, -0.15) is 0 Å². The minimum absolute atomic E-state index is 0.0122. The number of piperidine rings is 1. The number of allylic oxidation sites excluding steroid dienone is 5. The molecular formula is C19H21ClN3O+. The predicted molar refractivity (Wildman–Crippen MR) is 93.5 cm³/mol. The molecule has 3 aliphatic rings. The average Bonchev–Trinajstić information content (AvgIpc) is 2.77. The Bertz CT molecular complexity index is 760. The Morgan fingerprint density at radius 2 is 2.17 bits per heavy atom. The molecule has 2 saturated heterocycles. The lowest BCUT2D eigenvalue weighted by Crippen LogP contribution is -2.87. The van der Waals surface area contributed by atoms with Crippen molar-refractivity contribution in [2.75, 3.05) is 19.6 Å². The maximum absolute atomic E-state index is 13.1. The number of rotatable bonds is 1. The third kappa shape index (κ3) is 2.60. The van der Waals surface area contributed by atoms with Crippen molar-refractivity contribution in [1.29, 1.82) is 0 Å². The van der Waals surface area contributed by atoms with Crippen LogP contribution in [0.2, 0.25) is 5.15 Å². The first-order valence-corrected chi connectivity index (χ1v) is 8.90. The number of fused-ring (bicyclic) bond motifs is 2. The minimum Gasteiger partial charge on any atom is -0.346 e. The van der Waals surface area contributed by atoms with Crippen molar-refractivity contribution < 1.29 is 10.1 Å². The molecule has 124 valence electrons. The highest BCUT2D eigenvalue weighted by atomic mass is 35.5. The Kier molecular flexibility index (Phi) is 4.02. The second kappa shape index (κ2) is 6.19. The number of aromatic nitrogens is 1. The van der Waals surface area contributed by atoms with Crippen LogP contribution in [0.5, 0.6) is 0 Å². The van der Waals surface area contributed by atoms with Gasteiger partial charge in [0.15, 0.2) is 0 Å². The number of carbonyl (C=O) groups is 1. The molecule has 3 heterocycles. The summed E-state index contributed by atoms with van der Waals surface area (Å²) in [7, 11) is 0. The lowest BCUT2D eigenvalue weighted by atomic mass is 9.74. The molecule has 0 bridgehead atoms. The van der Waals surface area contributed by atoms with Crippen LogP contribution in [0.1, 0.15) is 29.6 Å². The van der Waals surface area contributed by atoms with Crippen LogP contribution < -0.4 is 5.32 Å². The van der Waals surface area contributed by atoms with E-state index in [2.05, 4.69) is 34.6 Å². The Morgan fingerprint density at radius 3 is 2.96 bits per heavy atom. The molecule has 2 N–H and O–H groups in total. The van der Waals surface area contributed by atoms with Crippen LogP contribution in [0.3, 0.4) is 0 Å². The standard InChI is InChI=1S/C19H20ClN3O/c20-17-12-14(6-9-22-17)18(24)23-13-19(7-10-21-11-8-19)15-4-2-1-3-5-16(15)23/h1,3-6,9,12,21H,2,7-8,10-11,13H2/p+1. The van der Waals surface area contributed by atoms with Crippen molar-refractivity contribution in [3.05, 3.63) is 64.6 Å². The molecule has 2 fully saturated rings. The Hall–Kier alpha value is -1.91. The van der Waals surface area contributed by atoms with E-state index in [-0.39, 0.29) is 11.3 Å². The van der Waals surface area contributed by atoms with Crippen molar-refractivity contribution in [2.45, 2.75) is 19.3 Å². The summed E-state index contributed by atoms with van der Waals surface area (Å²) >= 11 is 5.98. The van der Waals surface area contributed by atoms with Gasteiger partial charge in [0.1, 0.15) is 5.15 Å². The van der Waals surface area contributed by atoms with Gasteiger partial charge in [-0.25, -0.2) is 4.98 Å². The maximum atomic E-state index is 13.1. The van der Waals surface area contributed by atoms with Crippen molar-refractivity contribution in [1.82, 2.24) is 9.88 Å². The van der Waals surface area contributed by atoms with E-state index in [4.69, 9.17) is 11.6 Å². The second-order valence-corrected chi connectivity index (χ2v) is 7.13. The summed E-state index contributed by atoms with van der Waals surface area (Å²) < 4.78 is 0. The van der Waals surface area contributed by atoms with Crippen LogP contribution in [0.25, 0.3) is 0 Å². The van der Waals surface area contributed by atoms with Crippen LogP contribution in [0.4, 0.5) is 0 Å². The number of likely N-dealkylation sites (tertiary alicyclic amines) is 1. The molecule has 0 radical (unpaired) electrons. The molecule has 5 heteroatoms. The van der Waals surface area contributed by atoms with Crippen LogP contribution in [-0.4, -0.2) is 35.4 Å². The van der Waals surface area contributed by atoms with Gasteiger partial charge in [0.2, 0.25) is 0 Å². The quantitative estimate of drug-likeness (QED) is 0.796. The van der Waals surface area contributed by atoms with E-state index in [9.17, 15) is 4.79 Å². The number of nitrogens with two attached hydrogens (primary N) is 1. The molecule has 1 aromatic heterocycles. The monoisotopic (exact) mass is 342 g/mol. The molecule has 0 atom stereocenters. The van der Waals surface area contributed by atoms with Crippen molar-refractivity contribution in [3.63, 3.8) is 0 Å². The molecule has 1 spiro atoms. The van der Waals surface area contributed by atoms with E-state index in [1.165, 1.54) is 5.57 Å². The van der Waals surface area contributed by atoms with E-state index >= 15 is 0 Å². The molecule has 24 heavy (non-hydrogen) atoms. The largest absolute Gasteiger partial charge is 0.346 e. The van der Waals surface area contributed by atoms with Gasteiger partial charge in [-0.3, -0.25) is 4.79 Å². The molecule has 0 aromatic carbocycles. The summed E-state index contributed by atoms with van der Waals surface area (Å²) in [6, 6.07) is 3.39. The number of hydrogen-bond donors (Lipinski definition) is 1. The SMILES string of the molecule is O=C(c1ccnc(Cl)c1)N1CC2(CC[NH2+]CC2)C2=CCC=CC=C21. The molecule has 1 aromatic rings. The smallest absolute Gasteiger partial charge is 0.258 e. The number of nitrogens with zero attached hydrogens (tertiary/aromatic N) is 2. The van der Waals surface area contributed by atoms with Gasteiger partial charge in [0, 0.05) is 42.3 Å². The molecular weight excluding hydrogens is 322 g/mol. The third-order valence-electron chi connectivity index (χ3n) is 5.32. The zero-order valence-electron chi connectivity index (χ0n) is 13.5. The highest BCUT2D eigenvalue weighted by molar-refractivity contribution is 6.29. The number of quaternary nitrogens is 1. The van der Waals surface area contributed by atoms with Gasteiger partial charge >= 0.3 is 0 Å². The van der Waals surface area contributed by atoms with Gasteiger partial charge in [-0.1, -0.05) is 29.8 Å². The molecule has 0 unspecified atom stereocenters. The second-order valence-electron chi connectivity index (χ2n) is 6.74. The molecule has 1 amide bonds. The normalized spacial score (nSPS) is 22.0. The summed E-state index contributed by atoms with van der Waals surface area (Å²) in [5.41, 5.74) is 3.12. The van der Waals surface area contributed by atoms with Crippen LogP contribution in [0, 0.1) is 5.41 Å². The number of carbonyl (C=O) groups excluding carboxylic acids is 1. The van der Waals surface area contributed by atoms with E-state index < -0.39 is 0 Å². The van der Waals surface area contributed by atoms with E-state index in [1.807, 2.05) is 4.90 Å². The van der Waals surface area contributed by atoms with E-state index in [1.54, 1.807) is 18.3 Å². The van der Waals surface area contributed by atoms with Crippen molar-refractivity contribution in [3.8, 4) is 0 Å². The van der Waals surface area contributed by atoms with E-state index in [0.717, 1.165) is 44.6 Å². The van der Waals surface area contributed by atoms with Gasteiger partial charge in [0.25, 0.3) is 5.91 Å². The van der Waals surface area contributed by atoms with Crippen LogP contribution in [0.15, 0.2) is 53.9 Å². The summed E-state index contributed by atoms with van der Waals surface area (Å²) in [6.07, 6.45) is 13.4. The highest BCUT2D eigenvalue weighted by Crippen LogP contribution is 2.48. The number of amides is 1. The van der Waals surface area contributed by atoms with Gasteiger partial charge in [-0.15, -0.1) is 0 Å². The highest BCUT2D eigenvalue weighted by Gasteiger charge is 2.48. The Morgan fingerprint density at radius 1 is 1.33 bits per heavy atom. The van der Waals surface area contributed by atoms with Crippen LogP contribution in [-0.2, 0) is 0 Å². The summed E-state index contributed by atoms with van der Waals surface area (Å²) in [5, 5.41) is 2.73. The fraction of sp³-hybridized carbons (Fsp3) is 0.368. The number of pyridine rings is 1.